The Morgan fingerprint density at radius 2 is 1.72 bits per heavy atom. The number of nitrogens with zero attached hydrogens (tertiary/aromatic N) is 1. The molecule has 3 rings (SSSR count). The third-order valence-electron chi connectivity index (χ3n) is 3.53. The normalized spacial score (nSPS) is 12.1. The van der Waals surface area contributed by atoms with Gasteiger partial charge in [-0.3, -0.25) is 4.99 Å². The maximum Gasteiger partial charge on any atom is 0.143 e. The molecule has 3 aromatic carbocycles. The highest BCUT2D eigenvalue weighted by Crippen LogP contribution is 2.32. The van der Waals surface area contributed by atoms with E-state index < -0.39 is 10.1 Å². The van der Waals surface area contributed by atoms with E-state index in [2.05, 4.69) is 4.99 Å². The molecule has 0 bridgehead atoms. The highest BCUT2D eigenvalue weighted by atomic mass is 35.5. The fraction of sp³-hybridized carbons (Fsp3) is 0. The Bertz CT molecular complexity index is 1110. The zero-order valence-corrected chi connectivity index (χ0v) is 14.8. The fourth-order valence-corrected chi connectivity index (χ4v) is 3.62. The van der Waals surface area contributed by atoms with Gasteiger partial charge in [0.05, 0.1) is 15.6 Å². The smallest absolute Gasteiger partial charge is 0.143 e. The molecule has 0 radical (unpaired) electrons. The lowest BCUT2D eigenvalue weighted by molar-refractivity contribution is 0.464. The molecule has 0 aliphatic rings. The standard InChI is InChI=1S/C17H11Cl2NO4S/c18-11-7-10(17(21)14(19)8-11)9-20-15-5-1-4-13-12(15)3-2-6-16(13)25(22,23)24/h1-9,21H,(H,22,23,24)/p-1. The first kappa shape index (κ1) is 17.7. The second-order valence-corrected chi connectivity index (χ2v) is 7.36. The number of halogens is 2. The van der Waals surface area contributed by atoms with Crippen molar-refractivity contribution in [3.63, 3.8) is 0 Å². The van der Waals surface area contributed by atoms with Gasteiger partial charge < -0.3 is 9.66 Å². The lowest BCUT2D eigenvalue weighted by atomic mass is 10.1. The molecular formula is C17H10Cl2NO4S-. The van der Waals surface area contributed by atoms with Crippen LogP contribution in [0.25, 0.3) is 10.8 Å². The summed E-state index contributed by atoms with van der Waals surface area (Å²) in [6, 6.07) is 12.1. The Balaban J connectivity index is 2.15. The van der Waals surface area contributed by atoms with Crippen LogP contribution < -0.4 is 0 Å². The second-order valence-electron chi connectivity index (χ2n) is 5.17. The molecule has 8 heteroatoms. The van der Waals surface area contributed by atoms with Gasteiger partial charge >= 0.3 is 0 Å². The van der Waals surface area contributed by atoms with Crippen LogP contribution in [0.15, 0.2) is 58.4 Å². The summed E-state index contributed by atoms with van der Waals surface area (Å²) in [5.74, 6) is -0.169. The highest BCUT2D eigenvalue weighted by Gasteiger charge is 2.10. The van der Waals surface area contributed by atoms with Crippen LogP contribution in [0.1, 0.15) is 5.56 Å². The molecule has 1 N–H and O–H groups in total. The summed E-state index contributed by atoms with van der Waals surface area (Å²) in [4.78, 5) is 3.96. The number of hydrogen-bond donors (Lipinski definition) is 1. The maximum absolute atomic E-state index is 11.4. The van der Waals surface area contributed by atoms with Crippen molar-refractivity contribution in [2.24, 2.45) is 4.99 Å². The summed E-state index contributed by atoms with van der Waals surface area (Å²) in [7, 11) is -4.61. The first-order valence-electron chi connectivity index (χ1n) is 6.97. The number of fused-ring (bicyclic) bond motifs is 1. The molecule has 0 aliphatic carbocycles. The van der Waals surface area contributed by atoms with E-state index in [-0.39, 0.29) is 21.1 Å². The Morgan fingerprint density at radius 3 is 2.44 bits per heavy atom. The van der Waals surface area contributed by atoms with Crippen LogP contribution in [-0.4, -0.2) is 24.3 Å². The molecule has 25 heavy (non-hydrogen) atoms. The van der Waals surface area contributed by atoms with Crippen LogP contribution in [0.4, 0.5) is 5.69 Å². The van der Waals surface area contributed by atoms with Gasteiger partial charge in [-0.2, -0.15) is 0 Å². The Labute approximate surface area is 153 Å². The third kappa shape index (κ3) is 3.62. The number of hydrogen-bond acceptors (Lipinski definition) is 5. The fourth-order valence-electron chi connectivity index (χ4n) is 2.42. The van der Waals surface area contributed by atoms with Gasteiger partial charge in [0.25, 0.3) is 0 Å². The third-order valence-corrected chi connectivity index (χ3v) is 4.93. The van der Waals surface area contributed by atoms with Crippen molar-refractivity contribution in [2.45, 2.75) is 4.90 Å². The van der Waals surface area contributed by atoms with Crippen LogP contribution in [0, 0.1) is 0 Å². The van der Waals surface area contributed by atoms with E-state index in [1.165, 1.54) is 36.5 Å². The molecule has 0 amide bonds. The summed E-state index contributed by atoms with van der Waals surface area (Å²) in [6.45, 7) is 0. The summed E-state index contributed by atoms with van der Waals surface area (Å²) in [5.41, 5.74) is 0.737. The summed E-state index contributed by atoms with van der Waals surface area (Å²) >= 11 is 11.8. The number of benzene rings is 3. The van der Waals surface area contributed by atoms with Gasteiger partial charge in [0, 0.05) is 27.6 Å². The minimum atomic E-state index is -4.61. The Morgan fingerprint density at radius 1 is 1.04 bits per heavy atom. The van der Waals surface area contributed by atoms with Gasteiger partial charge in [0.1, 0.15) is 15.9 Å². The van der Waals surface area contributed by atoms with Crippen molar-refractivity contribution in [2.75, 3.05) is 0 Å². The number of rotatable bonds is 3. The molecule has 0 heterocycles. The van der Waals surface area contributed by atoms with Crippen molar-refractivity contribution in [3.05, 3.63) is 64.1 Å². The van der Waals surface area contributed by atoms with Gasteiger partial charge in [0.2, 0.25) is 0 Å². The van der Waals surface area contributed by atoms with Gasteiger partial charge in [-0.15, -0.1) is 0 Å². The van der Waals surface area contributed by atoms with Crippen molar-refractivity contribution in [1.82, 2.24) is 0 Å². The summed E-state index contributed by atoms with van der Waals surface area (Å²) in [5, 5.41) is 11.2. The van der Waals surface area contributed by atoms with Crippen LogP contribution in [0.2, 0.25) is 10.0 Å². The first-order chi connectivity index (χ1) is 11.8. The van der Waals surface area contributed by atoms with Crippen molar-refractivity contribution >= 4 is 56.0 Å². The highest BCUT2D eigenvalue weighted by molar-refractivity contribution is 7.86. The zero-order valence-electron chi connectivity index (χ0n) is 12.5. The molecule has 0 atom stereocenters. The molecule has 128 valence electrons. The lowest BCUT2D eigenvalue weighted by Gasteiger charge is -2.11. The van der Waals surface area contributed by atoms with Gasteiger partial charge in [-0.25, -0.2) is 8.42 Å². The monoisotopic (exact) mass is 394 g/mol. The van der Waals surface area contributed by atoms with Crippen molar-refractivity contribution in [1.29, 1.82) is 0 Å². The van der Waals surface area contributed by atoms with E-state index in [0.29, 0.717) is 21.7 Å². The number of phenols is 1. The predicted octanol–water partition coefficient (Wildman–Crippen LogP) is 4.51. The van der Waals surface area contributed by atoms with Crippen LogP contribution in [-0.2, 0) is 10.1 Å². The van der Waals surface area contributed by atoms with E-state index in [1.54, 1.807) is 18.2 Å². The Kier molecular flexibility index (Phi) is 4.71. The van der Waals surface area contributed by atoms with E-state index in [0.717, 1.165) is 0 Å². The van der Waals surface area contributed by atoms with Crippen LogP contribution in [0.3, 0.4) is 0 Å². The van der Waals surface area contributed by atoms with E-state index in [9.17, 15) is 18.1 Å². The van der Waals surface area contributed by atoms with E-state index >= 15 is 0 Å². The summed E-state index contributed by atoms with van der Waals surface area (Å²) < 4.78 is 34.2. The first-order valence-corrected chi connectivity index (χ1v) is 9.13. The average molecular weight is 395 g/mol. The van der Waals surface area contributed by atoms with Crippen molar-refractivity contribution < 1.29 is 18.1 Å². The van der Waals surface area contributed by atoms with Gasteiger partial charge in [-0.05, 0) is 24.3 Å². The molecule has 0 aliphatic heterocycles. The molecule has 0 aromatic heterocycles. The molecule has 0 spiro atoms. The molecule has 0 saturated carbocycles. The number of phenolic OH excluding ortho intramolecular Hbond substituents is 1. The number of aromatic hydroxyl groups is 1. The molecule has 5 nitrogen and oxygen atoms in total. The van der Waals surface area contributed by atoms with Crippen LogP contribution in [0.5, 0.6) is 5.75 Å². The van der Waals surface area contributed by atoms with Crippen molar-refractivity contribution in [3.8, 4) is 5.75 Å². The molecular weight excluding hydrogens is 385 g/mol. The lowest BCUT2D eigenvalue weighted by Crippen LogP contribution is -1.99. The van der Waals surface area contributed by atoms with E-state index in [1.807, 2.05) is 0 Å². The predicted molar refractivity (Wildman–Crippen MR) is 97.3 cm³/mol. The molecule has 0 unspecified atom stereocenters. The molecule has 0 saturated heterocycles. The minimum Gasteiger partial charge on any atom is -0.744 e. The number of aliphatic imine (C=N–C) groups is 1. The average Bonchev–Trinajstić information content (AvgIpc) is 2.55. The van der Waals surface area contributed by atoms with Gasteiger partial charge in [-0.1, -0.05) is 47.5 Å². The Hall–Kier alpha value is -2.12. The maximum atomic E-state index is 11.4. The minimum absolute atomic E-state index is 0.0894. The van der Waals surface area contributed by atoms with Gasteiger partial charge in [0.15, 0.2) is 0 Å². The largest absolute Gasteiger partial charge is 0.744 e. The SMILES string of the molecule is O=S(=O)([O-])c1cccc2c(N=Cc3cc(Cl)cc(Cl)c3O)cccc12. The molecule has 3 aromatic rings. The topological polar surface area (TPSA) is 89.8 Å². The second kappa shape index (κ2) is 6.65. The van der Waals surface area contributed by atoms with Crippen LogP contribution >= 0.6 is 23.2 Å². The summed E-state index contributed by atoms with van der Waals surface area (Å²) in [6.07, 6.45) is 1.36. The molecule has 0 fully saturated rings. The van der Waals surface area contributed by atoms with E-state index in [4.69, 9.17) is 23.2 Å². The quantitative estimate of drug-likeness (QED) is 0.522. The zero-order chi connectivity index (χ0) is 18.2.